The highest BCUT2D eigenvalue weighted by molar-refractivity contribution is 7.07. The zero-order valence-corrected chi connectivity index (χ0v) is 21.0. The van der Waals surface area contributed by atoms with E-state index in [-0.39, 0.29) is 18.3 Å². The van der Waals surface area contributed by atoms with Crippen LogP contribution < -0.4 is 19.6 Å². The molecule has 3 heterocycles. The summed E-state index contributed by atoms with van der Waals surface area (Å²) in [6.07, 6.45) is 3.67. The van der Waals surface area contributed by atoms with Crippen molar-refractivity contribution >= 4 is 41.1 Å². The number of halogens is 1. The predicted octanol–water partition coefficient (Wildman–Crippen LogP) is 4.27. The fourth-order valence-corrected chi connectivity index (χ4v) is 5.50. The smallest absolute Gasteiger partial charge is 0.338 e. The van der Waals surface area contributed by atoms with Crippen LogP contribution in [0.5, 0.6) is 5.75 Å². The molecular formula is C27H23ClN2O4S. The molecule has 2 aromatic carbocycles. The Morgan fingerprint density at radius 1 is 1.23 bits per heavy atom. The molecule has 0 saturated heterocycles. The van der Waals surface area contributed by atoms with Gasteiger partial charge in [-0.1, -0.05) is 53.3 Å². The molecule has 6 nitrogen and oxygen atoms in total. The Morgan fingerprint density at radius 3 is 2.71 bits per heavy atom. The van der Waals surface area contributed by atoms with Crippen LogP contribution >= 0.6 is 22.9 Å². The number of carbonyl (C=O) groups excluding carboxylic acids is 1. The number of nitrogens with zero attached hydrogens (tertiary/aromatic N) is 2. The molecule has 3 aromatic rings. The number of rotatable bonds is 4. The molecule has 8 heteroatoms. The number of ether oxygens (including phenoxy) is 2. The second-order valence-corrected chi connectivity index (χ2v) is 9.74. The van der Waals surface area contributed by atoms with E-state index < -0.39 is 12.0 Å². The van der Waals surface area contributed by atoms with Crippen molar-refractivity contribution in [3.63, 3.8) is 0 Å². The summed E-state index contributed by atoms with van der Waals surface area (Å²) in [4.78, 5) is 31.8. The standard InChI is InChI=1S/C27H23ClN2O4S/c1-4-33-26(32)23-15(2)29-27-30(24(23)17-9-11-20(28)12-10-17)25(31)22(35-27)14-19-13-18-7-5-6-8-21(18)34-16(19)3/h5-14,16,24H,4H2,1-3H3/b22-14+/t16-,24-/m0/s1. The van der Waals surface area contributed by atoms with E-state index in [4.69, 9.17) is 21.1 Å². The van der Waals surface area contributed by atoms with Crippen LogP contribution in [0, 0.1) is 0 Å². The van der Waals surface area contributed by atoms with Gasteiger partial charge in [-0.25, -0.2) is 9.79 Å². The molecular weight excluding hydrogens is 484 g/mol. The molecule has 2 aliphatic rings. The Labute approximate surface area is 211 Å². The number of benzene rings is 2. The van der Waals surface area contributed by atoms with Gasteiger partial charge in [0.1, 0.15) is 11.9 Å². The summed E-state index contributed by atoms with van der Waals surface area (Å²) >= 11 is 7.40. The maximum Gasteiger partial charge on any atom is 0.338 e. The van der Waals surface area contributed by atoms with Crippen molar-refractivity contribution in [3.8, 4) is 5.75 Å². The molecule has 0 N–H and O–H groups in total. The highest BCUT2D eigenvalue weighted by Gasteiger charge is 2.33. The summed E-state index contributed by atoms with van der Waals surface area (Å²) in [5, 5.41) is 0.568. The minimum absolute atomic E-state index is 0.215. The number of hydrogen-bond donors (Lipinski definition) is 0. The van der Waals surface area contributed by atoms with Gasteiger partial charge in [-0.15, -0.1) is 0 Å². The first kappa shape index (κ1) is 23.3. The number of aromatic nitrogens is 1. The quantitative estimate of drug-likeness (QED) is 0.496. The van der Waals surface area contributed by atoms with Crippen LogP contribution in [0.1, 0.15) is 37.9 Å². The molecule has 5 rings (SSSR count). The number of allylic oxidation sites excluding steroid dienone is 1. The van der Waals surface area contributed by atoms with Gasteiger partial charge in [0.15, 0.2) is 4.80 Å². The zero-order chi connectivity index (χ0) is 24.7. The molecule has 0 radical (unpaired) electrons. The summed E-state index contributed by atoms with van der Waals surface area (Å²) in [5.74, 6) is 0.327. The van der Waals surface area contributed by atoms with Crippen molar-refractivity contribution in [2.45, 2.75) is 32.9 Å². The Balaban J connectivity index is 1.69. The van der Waals surface area contributed by atoms with Crippen molar-refractivity contribution in [2.24, 2.45) is 4.99 Å². The van der Waals surface area contributed by atoms with E-state index in [1.807, 2.05) is 55.5 Å². The van der Waals surface area contributed by atoms with Gasteiger partial charge in [-0.2, -0.15) is 0 Å². The maximum absolute atomic E-state index is 13.7. The predicted molar refractivity (Wildman–Crippen MR) is 137 cm³/mol. The molecule has 0 unspecified atom stereocenters. The molecule has 2 aliphatic heterocycles. The molecule has 0 amide bonds. The van der Waals surface area contributed by atoms with Gasteiger partial charge in [0.2, 0.25) is 0 Å². The topological polar surface area (TPSA) is 69.9 Å². The first-order valence-electron chi connectivity index (χ1n) is 11.3. The lowest BCUT2D eigenvalue weighted by Gasteiger charge is -2.24. The van der Waals surface area contributed by atoms with E-state index in [0.29, 0.717) is 25.6 Å². The van der Waals surface area contributed by atoms with Gasteiger partial charge in [0, 0.05) is 10.6 Å². The monoisotopic (exact) mass is 506 g/mol. The fourth-order valence-electron chi connectivity index (χ4n) is 4.32. The lowest BCUT2D eigenvalue weighted by molar-refractivity contribution is -0.139. The SMILES string of the molecule is CCOC(=O)C1=C(C)N=c2s/c(=C/C3=Cc4ccccc4O[C@H]3C)c(=O)n2[C@H]1c1ccc(Cl)cc1. The van der Waals surface area contributed by atoms with E-state index in [1.54, 1.807) is 30.5 Å². The van der Waals surface area contributed by atoms with Crippen LogP contribution in [0.4, 0.5) is 0 Å². The molecule has 0 aliphatic carbocycles. The summed E-state index contributed by atoms with van der Waals surface area (Å²) in [7, 11) is 0. The first-order chi connectivity index (χ1) is 16.9. The minimum Gasteiger partial charge on any atom is -0.485 e. The van der Waals surface area contributed by atoms with Crippen LogP contribution in [-0.2, 0) is 9.53 Å². The van der Waals surface area contributed by atoms with Gasteiger partial charge in [-0.05, 0) is 62.3 Å². The summed E-state index contributed by atoms with van der Waals surface area (Å²) < 4.78 is 13.5. The fraction of sp³-hybridized carbons (Fsp3) is 0.222. The molecule has 178 valence electrons. The lowest BCUT2D eigenvalue weighted by Crippen LogP contribution is -2.40. The highest BCUT2D eigenvalue weighted by Crippen LogP contribution is 2.32. The van der Waals surface area contributed by atoms with Crippen molar-refractivity contribution in [3.05, 3.63) is 101 Å². The van der Waals surface area contributed by atoms with E-state index >= 15 is 0 Å². The van der Waals surface area contributed by atoms with Gasteiger partial charge in [-0.3, -0.25) is 9.36 Å². The third-order valence-corrected chi connectivity index (χ3v) is 7.25. The Hall–Kier alpha value is -3.42. The lowest BCUT2D eigenvalue weighted by atomic mass is 9.96. The van der Waals surface area contributed by atoms with Crippen LogP contribution in [0.2, 0.25) is 5.02 Å². The van der Waals surface area contributed by atoms with Crippen molar-refractivity contribution < 1.29 is 14.3 Å². The number of hydrogen-bond acceptors (Lipinski definition) is 6. The normalized spacial score (nSPS) is 19.3. The van der Waals surface area contributed by atoms with Crippen LogP contribution in [0.3, 0.4) is 0 Å². The maximum atomic E-state index is 13.7. The van der Waals surface area contributed by atoms with Crippen LogP contribution in [-0.4, -0.2) is 23.2 Å². The van der Waals surface area contributed by atoms with E-state index in [1.165, 1.54) is 11.3 Å². The van der Waals surface area contributed by atoms with Crippen molar-refractivity contribution in [2.75, 3.05) is 6.61 Å². The minimum atomic E-state index is -0.667. The summed E-state index contributed by atoms with van der Waals surface area (Å²) in [6, 6.07) is 14.2. The molecule has 0 fully saturated rings. The Kier molecular flexibility index (Phi) is 6.21. The van der Waals surface area contributed by atoms with Crippen molar-refractivity contribution in [1.82, 2.24) is 4.57 Å². The van der Waals surface area contributed by atoms with Crippen LogP contribution in [0.15, 0.2) is 75.2 Å². The van der Waals surface area contributed by atoms with E-state index in [9.17, 15) is 9.59 Å². The Morgan fingerprint density at radius 2 is 1.97 bits per heavy atom. The average molecular weight is 507 g/mol. The molecule has 2 atom stereocenters. The number of fused-ring (bicyclic) bond motifs is 2. The van der Waals surface area contributed by atoms with Gasteiger partial charge < -0.3 is 9.47 Å². The number of para-hydroxylation sites is 1. The largest absolute Gasteiger partial charge is 0.485 e. The first-order valence-corrected chi connectivity index (χ1v) is 12.5. The second-order valence-electron chi connectivity index (χ2n) is 8.30. The molecule has 35 heavy (non-hydrogen) atoms. The highest BCUT2D eigenvalue weighted by atomic mass is 35.5. The van der Waals surface area contributed by atoms with Crippen LogP contribution in [0.25, 0.3) is 12.2 Å². The van der Waals surface area contributed by atoms with Gasteiger partial charge in [0.05, 0.1) is 28.5 Å². The third kappa shape index (κ3) is 4.26. The summed E-state index contributed by atoms with van der Waals surface area (Å²) in [6.45, 7) is 5.69. The van der Waals surface area contributed by atoms with Crippen molar-refractivity contribution in [1.29, 1.82) is 0 Å². The van der Waals surface area contributed by atoms with E-state index in [2.05, 4.69) is 4.99 Å². The molecule has 0 spiro atoms. The molecule has 1 aromatic heterocycles. The number of carbonyl (C=O) groups is 1. The third-order valence-electron chi connectivity index (χ3n) is 6.01. The average Bonchev–Trinajstić information content (AvgIpc) is 3.13. The number of esters is 1. The molecule has 0 bridgehead atoms. The Bertz CT molecular complexity index is 1560. The second kappa shape index (κ2) is 9.32. The zero-order valence-electron chi connectivity index (χ0n) is 19.4. The molecule has 0 saturated carbocycles. The van der Waals surface area contributed by atoms with Gasteiger partial charge >= 0.3 is 5.97 Å². The summed E-state index contributed by atoms with van der Waals surface area (Å²) in [5.41, 5.74) is 3.24. The van der Waals surface area contributed by atoms with E-state index in [0.717, 1.165) is 22.4 Å². The number of thiazole rings is 1. The van der Waals surface area contributed by atoms with Gasteiger partial charge in [0.25, 0.3) is 5.56 Å².